The SMILES string of the molecule is Cc1ccc(C(=O)Oc2ccc3ccccc3c2/C=N\NC(=O)CNC(=O)c2ccccc2I)cc1. The zero-order valence-electron chi connectivity index (χ0n) is 19.3. The predicted molar refractivity (Wildman–Crippen MR) is 147 cm³/mol. The topological polar surface area (TPSA) is 96.9 Å². The van der Waals surface area contributed by atoms with Crippen molar-refractivity contribution in [3.63, 3.8) is 0 Å². The molecule has 0 unspecified atom stereocenters. The largest absolute Gasteiger partial charge is 0.422 e. The number of nitrogens with zero attached hydrogens (tertiary/aromatic N) is 1. The van der Waals surface area contributed by atoms with E-state index in [9.17, 15) is 14.4 Å². The Bertz CT molecular complexity index is 1470. The van der Waals surface area contributed by atoms with Crippen molar-refractivity contribution in [3.05, 3.63) is 111 Å². The van der Waals surface area contributed by atoms with Gasteiger partial charge in [0.1, 0.15) is 5.75 Å². The number of nitrogens with one attached hydrogen (secondary N) is 2. The molecule has 2 amide bonds. The molecule has 4 aromatic rings. The Kier molecular flexibility index (Phi) is 8.06. The number of aryl methyl sites for hydroxylation is 1. The van der Waals surface area contributed by atoms with Crippen LogP contribution in [0.25, 0.3) is 10.8 Å². The van der Waals surface area contributed by atoms with Crippen LogP contribution in [0.2, 0.25) is 0 Å². The van der Waals surface area contributed by atoms with Gasteiger partial charge in [0, 0.05) is 9.13 Å². The molecule has 0 radical (unpaired) electrons. The number of rotatable bonds is 7. The molecule has 4 rings (SSSR count). The second-order valence-corrected chi connectivity index (χ2v) is 9.07. The predicted octanol–water partition coefficient (Wildman–Crippen LogP) is 4.85. The van der Waals surface area contributed by atoms with Crippen molar-refractivity contribution in [2.24, 2.45) is 5.10 Å². The highest BCUT2D eigenvalue weighted by molar-refractivity contribution is 14.1. The lowest BCUT2D eigenvalue weighted by Gasteiger charge is -2.11. The van der Waals surface area contributed by atoms with Gasteiger partial charge in [-0.3, -0.25) is 9.59 Å². The van der Waals surface area contributed by atoms with Gasteiger partial charge in [0.15, 0.2) is 0 Å². The number of carbonyl (C=O) groups is 3. The van der Waals surface area contributed by atoms with Crippen LogP contribution in [-0.4, -0.2) is 30.5 Å². The molecule has 0 heterocycles. The number of fused-ring (bicyclic) bond motifs is 1. The van der Waals surface area contributed by atoms with E-state index in [4.69, 9.17) is 4.74 Å². The number of ether oxygens (including phenoxy) is 1. The normalized spacial score (nSPS) is 10.8. The quantitative estimate of drug-likeness (QED) is 0.106. The molecule has 0 saturated carbocycles. The Morgan fingerprint density at radius 3 is 2.42 bits per heavy atom. The minimum Gasteiger partial charge on any atom is -0.422 e. The van der Waals surface area contributed by atoms with Gasteiger partial charge in [-0.15, -0.1) is 0 Å². The molecule has 0 aliphatic carbocycles. The van der Waals surface area contributed by atoms with Crippen LogP contribution in [0.3, 0.4) is 0 Å². The Labute approximate surface area is 221 Å². The molecular formula is C28H22IN3O4. The summed E-state index contributed by atoms with van der Waals surface area (Å²) in [7, 11) is 0. The molecule has 0 aromatic heterocycles. The van der Waals surface area contributed by atoms with Gasteiger partial charge < -0.3 is 10.1 Å². The molecule has 0 atom stereocenters. The number of benzene rings is 4. The molecular weight excluding hydrogens is 569 g/mol. The number of halogens is 1. The third-order valence-electron chi connectivity index (χ3n) is 5.33. The third-order valence-corrected chi connectivity index (χ3v) is 6.27. The summed E-state index contributed by atoms with van der Waals surface area (Å²) in [5.41, 5.74) is 4.90. The van der Waals surface area contributed by atoms with Crippen LogP contribution in [0.15, 0.2) is 90.0 Å². The van der Waals surface area contributed by atoms with E-state index in [1.807, 2.05) is 61.5 Å². The van der Waals surface area contributed by atoms with Crippen molar-refractivity contribution in [3.8, 4) is 5.75 Å². The highest BCUT2D eigenvalue weighted by atomic mass is 127. The summed E-state index contributed by atoms with van der Waals surface area (Å²) in [5, 5.41) is 8.35. The highest BCUT2D eigenvalue weighted by Crippen LogP contribution is 2.27. The van der Waals surface area contributed by atoms with Crippen LogP contribution in [-0.2, 0) is 4.79 Å². The number of hydrogen-bond donors (Lipinski definition) is 2. The summed E-state index contributed by atoms with van der Waals surface area (Å²) in [6.45, 7) is 1.70. The van der Waals surface area contributed by atoms with E-state index in [-0.39, 0.29) is 12.5 Å². The van der Waals surface area contributed by atoms with Crippen molar-refractivity contribution in [1.29, 1.82) is 0 Å². The van der Waals surface area contributed by atoms with Gasteiger partial charge >= 0.3 is 5.97 Å². The molecule has 0 aliphatic heterocycles. The van der Waals surface area contributed by atoms with Crippen molar-refractivity contribution < 1.29 is 19.1 Å². The monoisotopic (exact) mass is 591 g/mol. The van der Waals surface area contributed by atoms with Crippen molar-refractivity contribution >= 4 is 57.4 Å². The first-order chi connectivity index (χ1) is 17.4. The Morgan fingerprint density at radius 1 is 0.917 bits per heavy atom. The molecule has 7 nitrogen and oxygen atoms in total. The Hall–Kier alpha value is -4.05. The van der Waals surface area contributed by atoms with Gasteiger partial charge in [-0.1, -0.05) is 60.2 Å². The Balaban J connectivity index is 1.47. The van der Waals surface area contributed by atoms with Crippen molar-refractivity contribution in [1.82, 2.24) is 10.7 Å². The molecule has 8 heteroatoms. The van der Waals surface area contributed by atoms with Gasteiger partial charge in [0.05, 0.1) is 23.9 Å². The van der Waals surface area contributed by atoms with Crippen LogP contribution in [0, 0.1) is 10.5 Å². The second-order valence-electron chi connectivity index (χ2n) is 7.91. The van der Waals surface area contributed by atoms with Crippen LogP contribution < -0.4 is 15.5 Å². The van der Waals surface area contributed by atoms with E-state index >= 15 is 0 Å². The first-order valence-corrected chi connectivity index (χ1v) is 12.2. The smallest absolute Gasteiger partial charge is 0.343 e. The zero-order chi connectivity index (χ0) is 25.5. The van der Waals surface area contributed by atoms with Gasteiger partial charge in [0.25, 0.3) is 11.8 Å². The number of amides is 2. The van der Waals surface area contributed by atoms with Gasteiger partial charge in [0.2, 0.25) is 0 Å². The lowest BCUT2D eigenvalue weighted by atomic mass is 10.0. The minimum atomic E-state index is -0.498. The first-order valence-electron chi connectivity index (χ1n) is 11.1. The molecule has 2 N–H and O–H groups in total. The van der Waals surface area contributed by atoms with E-state index in [1.54, 1.807) is 30.3 Å². The fourth-order valence-electron chi connectivity index (χ4n) is 3.46. The molecule has 0 saturated heterocycles. The van der Waals surface area contributed by atoms with Gasteiger partial charge in [-0.2, -0.15) is 5.10 Å². The van der Waals surface area contributed by atoms with E-state index in [1.165, 1.54) is 6.21 Å². The molecule has 0 bridgehead atoms. The van der Waals surface area contributed by atoms with E-state index in [2.05, 4.69) is 38.4 Å². The summed E-state index contributed by atoms with van der Waals surface area (Å²) in [4.78, 5) is 37.3. The fourth-order valence-corrected chi connectivity index (χ4v) is 4.09. The van der Waals surface area contributed by atoms with Crippen molar-refractivity contribution in [2.45, 2.75) is 6.92 Å². The number of carbonyl (C=O) groups excluding carboxylic acids is 3. The summed E-state index contributed by atoms with van der Waals surface area (Å²) in [5.74, 6) is -1.03. The van der Waals surface area contributed by atoms with E-state index < -0.39 is 11.9 Å². The summed E-state index contributed by atoms with van der Waals surface area (Å²) in [6.07, 6.45) is 1.43. The average molecular weight is 591 g/mol. The number of hydrogen-bond acceptors (Lipinski definition) is 5. The molecule has 0 fully saturated rings. The lowest BCUT2D eigenvalue weighted by molar-refractivity contribution is -0.120. The standard InChI is InChI=1S/C28H22IN3O4/c1-18-10-12-20(13-11-18)28(35)36-25-15-14-19-6-2-3-7-21(19)23(25)16-31-32-26(33)17-30-27(34)22-8-4-5-9-24(22)29/h2-16H,17H2,1H3,(H,30,34)(H,32,33)/b31-16-. The lowest BCUT2D eigenvalue weighted by Crippen LogP contribution is -2.35. The van der Waals surface area contributed by atoms with Crippen LogP contribution >= 0.6 is 22.6 Å². The van der Waals surface area contributed by atoms with Crippen LogP contribution in [0.5, 0.6) is 5.75 Å². The van der Waals surface area contributed by atoms with E-state index in [0.29, 0.717) is 22.4 Å². The molecule has 180 valence electrons. The summed E-state index contributed by atoms with van der Waals surface area (Å²) < 4.78 is 6.46. The maximum Gasteiger partial charge on any atom is 0.343 e. The molecule has 36 heavy (non-hydrogen) atoms. The van der Waals surface area contributed by atoms with Gasteiger partial charge in [-0.05, 0) is 70.6 Å². The summed E-state index contributed by atoms with van der Waals surface area (Å²) >= 11 is 2.06. The molecule has 4 aromatic carbocycles. The molecule has 0 spiro atoms. The number of esters is 1. The van der Waals surface area contributed by atoms with Crippen LogP contribution in [0.4, 0.5) is 0 Å². The van der Waals surface area contributed by atoms with Gasteiger partial charge in [-0.25, -0.2) is 10.2 Å². The fraction of sp³-hybridized carbons (Fsp3) is 0.0714. The van der Waals surface area contributed by atoms with Crippen LogP contribution in [0.1, 0.15) is 31.8 Å². The average Bonchev–Trinajstić information content (AvgIpc) is 2.89. The zero-order valence-corrected chi connectivity index (χ0v) is 21.5. The summed E-state index contributed by atoms with van der Waals surface area (Å²) in [6, 6.07) is 25.3. The van der Waals surface area contributed by atoms with E-state index in [0.717, 1.165) is 19.9 Å². The Morgan fingerprint density at radius 2 is 1.64 bits per heavy atom. The first kappa shape index (κ1) is 25.1. The second kappa shape index (κ2) is 11.6. The van der Waals surface area contributed by atoms with Crippen molar-refractivity contribution in [2.75, 3.05) is 6.54 Å². The highest BCUT2D eigenvalue weighted by Gasteiger charge is 2.14. The maximum atomic E-state index is 12.7. The number of hydrazone groups is 1. The maximum absolute atomic E-state index is 12.7. The minimum absolute atomic E-state index is 0.244. The molecule has 0 aliphatic rings. The third kappa shape index (κ3) is 6.14.